The maximum absolute atomic E-state index is 13.6. The van der Waals surface area contributed by atoms with E-state index < -0.39 is 80.9 Å². The van der Waals surface area contributed by atoms with E-state index in [0.29, 0.717) is 11.2 Å². The molecule has 4 aromatic heterocycles. The standard InChI is InChI=1S/C21H24N10O11P2S2.2H3N/c22-14-8-15(25-4-24-14)30(5-26-8)19-12-13-21(40-19,2-36-12)3-38-44(35,46)41-11-10(32)7(1-37-43(34,45)42-13)39-18(11)31-6-27-9-16(31)28-20(23)29-17(9)33;;/h4-7,10-13,18-19,32H,1-3H2,(H,34,45)(H,35,46)(H2,22,24,25)(H3,23,28,29,33);2*1H3/t7-,10-,11-,12-,13+,18-,19-,21-,43?,44?;;/m1../s1. The summed E-state index contributed by atoms with van der Waals surface area (Å²) in [4.78, 5) is 46.6. The molecule has 0 saturated carbocycles. The fourth-order valence-corrected chi connectivity index (χ4v) is 8.91. The zero-order chi connectivity index (χ0) is 32.2. The lowest BCUT2D eigenvalue weighted by Crippen LogP contribution is -2.45. The molecule has 13 N–H and O–H groups in total. The highest BCUT2D eigenvalue weighted by molar-refractivity contribution is 8.44. The van der Waals surface area contributed by atoms with Gasteiger partial charge in [-0.3, -0.25) is 32.5 Å². The summed E-state index contributed by atoms with van der Waals surface area (Å²) in [6.07, 6.45) is -4.56. The molecule has 0 radical (unpaired) electrons. The number of nitrogen functional groups attached to an aromatic ring is 2. The van der Waals surface area contributed by atoms with Crippen LogP contribution >= 0.6 is 25.8 Å². The van der Waals surface area contributed by atoms with Crippen molar-refractivity contribution in [3.05, 3.63) is 29.3 Å². The van der Waals surface area contributed by atoms with Crippen molar-refractivity contribution in [3.8, 4) is 0 Å². The Kier molecular flexibility index (Phi) is 8.97. The second-order valence-electron chi connectivity index (χ2n) is 10.9. The van der Waals surface area contributed by atoms with Crippen molar-refractivity contribution in [1.29, 1.82) is 0 Å². The maximum Gasteiger partial charge on any atom is 0.386 e. The predicted molar refractivity (Wildman–Crippen MR) is 170 cm³/mol. The van der Waals surface area contributed by atoms with E-state index in [0.717, 1.165) is 0 Å². The second-order valence-corrected chi connectivity index (χ2v) is 16.5. The number of aliphatic hydroxyl groups is 1. The number of hydrogen-bond donors (Lipinski definition) is 8. The van der Waals surface area contributed by atoms with Crippen LogP contribution in [0, 0.1) is 0 Å². The molecule has 0 aliphatic carbocycles. The van der Waals surface area contributed by atoms with Gasteiger partial charge in [0.1, 0.15) is 48.0 Å². The number of aliphatic hydroxyl groups excluding tert-OH is 1. The van der Waals surface area contributed by atoms with Gasteiger partial charge < -0.3 is 52.5 Å². The van der Waals surface area contributed by atoms with Crippen molar-refractivity contribution in [2.45, 2.75) is 48.6 Å². The van der Waals surface area contributed by atoms with E-state index >= 15 is 0 Å². The molecule has 4 bridgehead atoms. The lowest BCUT2D eigenvalue weighted by atomic mass is 10.0. The number of anilines is 2. The van der Waals surface area contributed by atoms with E-state index in [4.69, 9.17) is 55.6 Å². The van der Waals surface area contributed by atoms with E-state index in [-0.39, 0.29) is 41.8 Å². The lowest BCUT2D eigenvalue weighted by Gasteiger charge is -2.33. The summed E-state index contributed by atoms with van der Waals surface area (Å²) in [5.74, 6) is -0.0620. The minimum Gasteiger partial charge on any atom is -0.387 e. The zero-order valence-corrected chi connectivity index (χ0v) is 27.9. The van der Waals surface area contributed by atoms with Gasteiger partial charge in [0, 0.05) is 0 Å². The van der Waals surface area contributed by atoms with E-state index in [1.54, 1.807) is 4.57 Å². The third-order valence-electron chi connectivity index (χ3n) is 8.05. The summed E-state index contributed by atoms with van der Waals surface area (Å²) in [5, 5.41) is 11.2. The number of aromatic amines is 1. The second kappa shape index (κ2) is 12.3. The molecule has 0 spiro atoms. The first-order chi connectivity index (χ1) is 21.8. The van der Waals surface area contributed by atoms with Gasteiger partial charge >= 0.3 is 13.5 Å². The molecular formula is C21H30N12O11P2S2. The molecule has 0 amide bonds. The first-order valence-corrected chi connectivity index (χ1v) is 18.7. The summed E-state index contributed by atoms with van der Waals surface area (Å²) in [7, 11) is 0. The third kappa shape index (κ3) is 5.63. The molecule has 23 nitrogen and oxygen atoms in total. The molecule has 10 atom stereocenters. The number of thiol groups is 1. The van der Waals surface area contributed by atoms with Crippen molar-refractivity contribution >= 4 is 71.7 Å². The van der Waals surface area contributed by atoms with Crippen molar-refractivity contribution in [1.82, 2.24) is 51.3 Å². The van der Waals surface area contributed by atoms with Crippen LogP contribution in [0.3, 0.4) is 0 Å². The molecule has 4 saturated heterocycles. The third-order valence-corrected chi connectivity index (χ3v) is 11.2. The van der Waals surface area contributed by atoms with Gasteiger partial charge in [0.25, 0.3) is 5.56 Å². The van der Waals surface area contributed by atoms with E-state index in [1.807, 2.05) is 0 Å². The summed E-state index contributed by atoms with van der Waals surface area (Å²) in [6.45, 7) is -9.60. The molecular weight excluding hydrogens is 722 g/mol. The van der Waals surface area contributed by atoms with Crippen LogP contribution in [0.4, 0.5) is 11.8 Å². The fourth-order valence-electron chi connectivity index (χ4n) is 5.97. The number of rotatable bonds is 2. The Balaban J connectivity index is 0.00000201. The minimum atomic E-state index is -4.24. The van der Waals surface area contributed by atoms with Gasteiger partial charge in [-0.15, -0.1) is 0 Å². The molecule has 8 rings (SSSR count). The average molecular weight is 753 g/mol. The molecule has 4 aliphatic rings. The number of nitrogens with zero attached hydrogens (tertiary/aromatic N) is 7. The van der Waals surface area contributed by atoms with Crippen LogP contribution in [0.25, 0.3) is 22.3 Å². The highest BCUT2D eigenvalue weighted by Crippen LogP contribution is 2.61. The Bertz CT molecular complexity index is 2030. The minimum absolute atomic E-state index is 0. The monoisotopic (exact) mass is 752 g/mol. The van der Waals surface area contributed by atoms with Gasteiger partial charge in [-0.25, -0.2) is 24.5 Å². The summed E-state index contributed by atoms with van der Waals surface area (Å²) >= 11 is 9.53. The van der Waals surface area contributed by atoms with E-state index in [9.17, 15) is 19.4 Å². The van der Waals surface area contributed by atoms with Gasteiger partial charge in [0.2, 0.25) is 5.95 Å². The van der Waals surface area contributed by atoms with Crippen LogP contribution in [0.1, 0.15) is 12.5 Å². The van der Waals surface area contributed by atoms with E-state index in [1.165, 1.54) is 23.5 Å². The normalized spacial score (nSPS) is 38.0. The van der Waals surface area contributed by atoms with Crippen molar-refractivity contribution in [3.63, 3.8) is 0 Å². The SMILES string of the molecule is N.N.Nc1nc2c(ncn2[C@@H]2O[C@@H]3COP(=O)(S)O[C@H]4[C@H]5OC[C@]4(COP(O)(=S)O[C@@H]2[C@@H]3O)O[C@H]5n2cnc3c(N)ncnc32)c(=O)[nH]1. The van der Waals surface area contributed by atoms with Gasteiger partial charge in [-0.2, -0.15) is 4.98 Å². The number of fused-ring (bicyclic) bond motifs is 4. The topological polar surface area (TPSA) is 351 Å². The van der Waals surface area contributed by atoms with Gasteiger partial charge in [-0.05, 0) is 11.8 Å². The number of ether oxygens (including phenoxy) is 3. The van der Waals surface area contributed by atoms with Crippen molar-refractivity contribution in [2.24, 2.45) is 0 Å². The molecule has 0 aromatic carbocycles. The Morgan fingerprint density at radius 3 is 2.52 bits per heavy atom. The first-order valence-electron chi connectivity index (χ1n) is 13.4. The average Bonchev–Trinajstić information content (AvgIpc) is 3.80. The van der Waals surface area contributed by atoms with Crippen LogP contribution in [-0.2, 0) is 48.7 Å². The zero-order valence-electron chi connectivity index (χ0n) is 24.4. The Labute approximate surface area is 278 Å². The van der Waals surface area contributed by atoms with Gasteiger partial charge in [-0.1, -0.05) is 12.2 Å². The molecule has 8 heterocycles. The molecule has 4 fully saturated rings. The number of nitrogens with one attached hydrogen (secondary N) is 1. The van der Waals surface area contributed by atoms with Crippen molar-refractivity contribution in [2.75, 3.05) is 31.3 Å². The summed E-state index contributed by atoms with van der Waals surface area (Å²) in [5.41, 5.74) is 10.1. The highest BCUT2D eigenvalue weighted by atomic mass is 32.7. The largest absolute Gasteiger partial charge is 0.387 e. The van der Waals surface area contributed by atoms with E-state index in [2.05, 4.69) is 42.2 Å². The van der Waals surface area contributed by atoms with Gasteiger partial charge in [0.05, 0.1) is 32.5 Å². The molecule has 27 heteroatoms. The van der Waals surface area contributed by atoms with Crippen LogP contribution in [-0.4, -0.2) is 105 Å². The summed E-state index contributed by atoms with van der Waals surface area (Å²) < 4.78 is 58.0. The fraction of sp³-hybridized carbons (Fsp3) is 0.524. The van der Waals surface area contributed by atoms with Crippen LogP contribution < -0.4 is 29.3 Å². The van der Waals surface area contributed by atoms with Crippen LogP contribution in [0.5, 0.6) is 0 Å². The number of nitrogens with two attached hydrogens (primary N) is 2. The maximum atomic E-state index is 13.6. The van der Waals surface area contributed by atoms with Crippen molar-refractivity contribution < 1.29 is 46.9 Å². The number of hydrogen-bond acceptors (Lipinski definition) is 20. The number of imidazole rings is 2. The van der Waals surface area contributed by atoms with Crippen LogP contribution in [0.15, 0.2) is 23.8 Å². The summed E-state index contributed by atoms with van der Waals surface area (Å²) in [6, 6.07) is 0. The molecule has 4 aromatic rings. The number of H-pyrrole nitrogens is 1. The quantitative estimate of drug-likeness (QED) is 0.0939. The van der Waals surface area contributed by atoms with Gasteiger partial charge in [0.15, 0.2) is 35.1 Å². The Hall–Kier alpha value is -2.71. The molecule has 4 aliphatic heterocycles. The molecule has 262 valence electrons. The van der Waals surface area contributed by atoms with Crippen LogP contribution in [0.2, 0.25) is 0 Å². The Morgan fingerprint density at radius 2 is 1.75 bits per heavy atom. The number of aromatic nitrogens is 8. The smallest absolute Gasteiger partial charge is 0.386 e. The Morgan fingerprint density at radius 1 is 1.02 bits per heavy atom. The first kappa shape index (κ1) is 35.1. The lowest BCUT2D eigenvalue weighted by molar-refractivity contribution is -0.183. The molecule has 2 unspecified atom stereocenters. The molecule has 48 heavy (non-hydrogen) atoms. The predicted octanol–water partition coefficient (Wildman–Crippen LogP) is -0.556. The highest BCUT2D eigenvalue weighted by Gasteiger charge is 2.65.